The number of ether oxygens (including phenoxy) is 1. The number of fused-ring (bicyclic) bond motifs is 3. The Morgan fingerprint density at radius 3 is 2.73 bits per heavy atom. The van der Waals surface area contributed by atoms with Gasteiger partial charge in [0, 0.05) is 18.2 Å². The fourth-order valence-corrected chi connectivity index (χ4v) is 4.62. The number of hydrogen-bond donors (Lipinski definition) is 0. The predicted molar refractivity (Wildman–Crippen MR) is 121 cm³/mol. The van der Waals surface area contributed by atoms with Crippen molar-refractivity contribution in [1.82, 2.24) is 14.5 Å². The van der Waals surface area contributed by atoms with Gasteiger partial charge >= 0.3 is 0 Å². The van der Waals surface area contributed by atoms with E-state index in [-0.39, 0.29) is 11.6 Å². The molecule has 5 nitrogen and oxygen atoms in total. The van der Waals surface area contributed by atoms with Gasteiger partial charge in [0.25, 0.3) is 5.56 Å². The van der Waals surface area contributed by atoms with Crippen LogP contribution in [-0.2, 0) is 11.2 Å². The summed E-state index contributed by atoms with van der Waals surface area (Å²) < 4.78 is 7.36. The van der Waals surface area contributed by atoms with E-state index in [9.17, 15) is 4.79 Å². The number of aromatic nitrogens is 3. The zero-order valence-electron chi connectivity index (χ0n) is 16.9. The molecular weight excluding hydrogens is 394 g/mol. The topological polar surface area (TPSA) is 57.0 Å². The highest BCUT2D eigenvalue weighted by molar-refractivity contribution is 7.98. The lowest BCUT2D eigenvalue weighted by atomic mass is 9.96. The number of rotatable bonds is 4. The maximum Gasteiger partial charge on any atom is 0.261 e. The second-order valence-electron chi connectivity index (χ2n) is 7.69. The molecule has 6 heteroatoms. The number of benzene rings is 2. The minimum Gasteiger partial charge on any atom is -0.379 e. The van der Waals surface area contributed by atoms with Crippen LogP contribution in [0.2, 0.25) is 0 Å². The molecule has 0 saturated carbocycles. The summed E-state index contributed by atoms with van der Waals surface area (Å²) in [5.74, 6) is 0. The molecule has 1 aliphatic rings. The SMILES string of the molecule is CSc1ccc(Cc2cc3c(=O)n([C@@H]4CCCOC4)cnc3c3ccccc23)cn1. The summed E-state index contributed by atoms with van der Waals surface area (Å²) in [7, 11) is 0. The highest BCUT2D eigenvalue weighted by atomic mass is 32.2. The summed E-state index contributed by atoms with van der Waals surface area (Å²) >= 11 is 1.63. The molecule has 2 aromatic heterocycles. The maximum atomic E-state index is 13.4. The number of hydrogen-bond acceptors (Lipinski definition) is 5. The molecule has 1 saturated heterocycles. The molecule has 1 atom stereocenters. The summed E-state index contributed by atoms with van der Waals surface area (Å²) in [5.41, 5.74) is 3.03. The predicted octanol–water partition coefficient (Wildman–Crippen LogP) is 4.61. The van der Waals surface area contributed by atoms with Crippen LogP contribution >= 0.6 is 11.8 Å². The van der Waals surface area contributed by atoms with Crippen LogP contribution in [0.15, 0.2) is 64.8 Å². The Morgan fingerprint density at radius 1 is 1.13 bits per heavy atom. The van der Waals surface area contributed by atoms with Gasteiger partial charge in [-0.15, -0.1) is 11.8 Å². The van der Waals surface area contributed by atoms with Crippen molar-refractivity contribution in [2.75, 3.05) is 19.5 Å². The largest absolute Gasteiger partial charge is 0.379 e. The molecule has 0 N–H and O–H groups in total. The first kappa shape index (κ1) is 19.3. The maximum absolute atomic E-state index is 13.4. The number of thioether (sulfide) groups is 1. The first-order valence-corrected chi connectivity index (χ1v) is 11.4. The van der Waals surface area contributed by atoms with Crippen molar-refractivity contribution in [3.63, 3.8) is 0 Å². The normalized spacial score (nSPS) is 16.9. The van der Waals surface area contributed by atoms with E-state index in [0.29, 0.717) is 12.0 Å². The molecule has 0 amide bonds. The van der Waals surface area contributed by atoms with Crippen molar-refractivity contribution in [3.05, 3.63) is 76.5 Å². The lowest BCUT2D eigenvalue weighted by Gasteiger charge is -2.24. The molecule has 0 spiro atoms. The van der Waals surface area contributed by atoms with Crippen molar-refractivity contribution in [2.24, 2.45) is 0 Å². The molecule has 3 heterocycles. The van der Waals surface area contributed by atoms with Gasteiger partial charge in [-0.25, -0.2) is 9.97 Å². The molecule has 1 aliphatic heterocycles. The quantitative estimate of drug-likeness (QED) is 0.359. The summed E-state index contributed by atoms with van der Waals surface area (Å²) in [4.78, 5) is 22.6. The van der Waals surface area contributed by atoms with Gasteiger partial charge in [-0.2, -0.15) is 0 Å². The van der Waals surface area contributed by atoms with Gasteiger partial charge in [0.05, 0.1) is 34.9 Å². The van der Waals surface area contributed by atoms with Crippen molar-refractivity contribution < 1.29 is 4.74 Å². The van der Waals surface area contributed by atoms with Crippen LogP contribution in [0.1, 0.15) is 30.0 Å². The molecule has 0 unspecified atom stereocenters. The Bertz CT molecular complexity index is 1260. The van der Waals surface area contributed by atoms with Crippen molar-refractivity contribution >= 4 is 33.4 Å². The van der Waals surface area contributed by atoms with Crippen LogP contribution in [0.25, 0.3) is 21.7 Å². The third-order valence-corrected chi connectivity index (χ3v) is 6.47. The van der Waals surface area contributed by atoms with Crippen LogP contribution in [0.3, 0.4) is 0 Å². The average molecular weight is 418 g/mol. The molecule has 30 heavy (non-hydrogen) atoms. The van der Waals surface area contributed by atoms with E-state index < -0.39 is 0 Å². The number of pyridine rings is 1. The van der Waals surface area contributed by atoms with Crippen molar-refractivity contribution in [2.45, 2.75) is 30.3 Å². The molecular formula is C24H23N3O2S. The average Bonchev–Trinajstić information content (AvgIpc) is 2.81. The fourth-order valence-electron chi connectivity index (χ4n) is 4.25. The van der Waals surface area contributed by atoms with Gasteiger partial charge in [0.1, 0.15) is 0 Å². The summed E-state index contributed by atoms with van der Waals surface area (Å²) in [6, 6.07) is 14.4. The van der Waals surface area contributed by atoms with Gasteiger partial charge in [-0.3, -0.25) is 9.36 Å². The molecule has 4 aromatic rings. The molecule has 152 valence electrons. The Balaban J connectivity index is 1.66. The first-order valence-electron chi connectivity index (χ1n) is 10.2. The highest BCUT2D eigenvalue weighted by Gasteiger charge is 2.19. The summed E-state index contributed by atoms with van der Waals surface area (Å²) in [6.45, 7) is 1.34. The Hall–Kier alpha value is -2.70. The monoisotopic (exact) mass is 417 g/mol. The van der Waals surface area contributed by atoms with Crippen LogP contribution in [0, 0.1) is 0 Å². The van der Waals surface area contributed by atoms with E-state index in [0.717, 1.165) is 58.3 Å². The third-order valence-electron chi connectivity index (χ3n) is 5.81. The second-order valence-corrected chi connectivity index (χ2v) is 8.52. The molecule has 0 aliphatic carbocycles. The van der Waals surface area contributed by atoms with Gasteiger partial charge in [0.15, 0.2) is 0 Å². The molecule has 2 aromatic carbocycles. The molecule has 0 bridgehead atoms. The molecule has 1 fully saturated rings. The van der Waals surface area contributed by atoms with E-state index in [1.54, 1.807) is 22.7 Å². The van der Waals surface area contributed by atoms with Crippen LogP contribution in [0.4, 0.5) is 0 Å². The van der Waals surface area contributed by atoms with Crippen molar-refractivity contribution in [1.29, 1.82) is 0 Å². The standard InChI is InChI=1S/C24H23N3O2S/c1-30-22-9-8-16(13-25-22)11-17-12-21-23(20-7-3-2-6-19(17)20)26-15-27(24(21)28)18-5-4-10-29-14-18/h2-3,6-9,12-13,15,18H,4-5,10-11,14H2,1H3/t18-/m1/s1. The summed E-state index contributed by atoms with van der Waals surface area (Å²) in [5, 5.41) is 3.82. The third kappa shape index (κ3) is 3.50. The lowest BCUT2D eigenvalue weighted by molar-refractivity contribution is 0.0578. The summed E-state index contributed by atoms with van der Waals surface area (Å²) in [6.07, 6.45) is 8.28. The Labute approximate surface area is 179 Å². The van der Waals surface area contributed by atoms with E-state index in [4.69, 9.17) is 9.72 Å². The van der Waals surface area contributed by atoms with Crippen LogP contribution in [0.5, 0.6) is 0 Å². The van der Waals surface area contributed by atoms with E-state index >= 15 is 0 Å². The van der Waals surface area contributed by atoms with E-state index in [1.165, 1.54) is 0 Å². The van der Waals surface area contributed by atoms with E-state index in [1.807, 2.05) is 36.7 Å². The van der Waals surface area contributed by atoms with Gasteiger partial charge in [0.2, 0.25) is 0 Å². The van der Waals surface area contributed by atoms with Crippen LogP contribution < -0.4 is 5.56 Å². The molecule has 5 rings (SSSR count). The van der Waals surface area contributed by atoms with Crippen LogP contribution in [-0.4, -0.2) is 34.0 Å². The van der Waals surface area contributed by atoms with Gasteiger partial charge < -0.3 is 4.74 Å². The highest BCUT2D eigenvalue weighted by Crippen LogP contribution is 2.28. The van der Waals surface area contributed by atoms with E-state index in [2.05, 4.69) is 23.2 Å². The fraction of sp³-hybridized carbons (Fsp3) is 0.292. The molecule has 0 radical (unpaired) electrons. The lowest BCUT2D eigenvalue weighted by Crippen LogP contribution is -2.30. The minimum absolute atomic E-state index is 0.0124. The zero-order chi connectivity index (χ0) is 20.5. The second kappa shape index (κ2) is 8.20. The Morgan fingerprint density at radius 2 is 2.00 bits per heavy atom. The van der Waals surface area contributed by atoms with Gasteiger partial charge in [-0.1, -0.05) is 30.3 Å². The first-order chi connectivity index (χ1) is 14.7. The number of nitrogens with zero attached hydrogens (tertiary/aromatic N) is 3. The smallest absolute Gasteiger partial charge is 0.261 e. The minimum atomic E-state index is 0.0124. The van der Waals surface area contributed by atoms with Crippen molar-refractivity contribution in [3.8, 4) is 0 Å². The van der Waals surface area contributed by atoms with Gasteiger partial charge in [-0.05, 0) is 54.2 Å². The Kier molecular flexibility index (Phi) is 5.27. The zero-order valence-corrected chi connectivity index (χ0v) is 17.7.